The average molecular weight is 245 g/mol. The number of para-hydroxylation sites is 1. The Morgan fingerprint density at radius 3 is 2.62 bits per heavy atom. The van der Waals surface area contributed by atoms with E-state index in [-0.39, 0.29) is 11.4 Å². The third kappa shape index (κ3) is 1.85. The molecule has 70 valence electrons. The summed E-state index contributed by atoms with van der Waals surface area (Å²) in [5.74, 6) is 0.0779. The lowest BCUT2D eigenvalue weighted by Crippen LogP contribution is -2.20. The Hall–Kier alpha value is -0.570. The monoisotopic (exact) mass is 244 g/mol. The molecule has 0 saturated heterocycles. The number of hydrogen-bond donors (Lipinski definition) is 0. The fourth-order valence-electron chi connectivity index (χ4n) is 1.16. The van der Waals surface area contributed by atoms with Crippen molar-refractivity contribution in [1.82, 2.24) is 0 Å². The van der Waals surface area contributed by atoms with E-state index in [9.17, 15) is 4.39 Å². The molecule has 2 rings (SSSR count). The van der Waals surface area contributed by atoms with Gasteiger partial charge in [-0.1, -0.05) is 28.1 Å². The zero-order valence-corrected chi connectivity index (χ0v) is 8.68. The highest BCUT2D eigenvalue weighted by Gasteiger charge is 2.44. The van der Waals surface area contributed by atoms with Crippen LogP contribution in [0.4, 0.5) is 4.39 Å². The molecule has 0 radical (unpaired) electrons. The molecule has 3 heteroatoms. The van der Waals surface area contributed by atoms with Crippen LogP contribution in [-0.4, -0.2) is 10.9 Å². The smallest absolute Gasteiger partial charge is 0.165 e. The van der Waals surface area contributed by atoms with Gasteiger partial charge in [0.15, 0.2) is 11.6 Å². The van der Waals surface area contributed by atoms with Crippen molar-refractivity contribution in [1.29, 1.82) is 0 Å². The molecule has 0 bridgehead atoms. The van der Waals surface area contributed by atoms with Crippen LogP contribution in [0, 0.1) is 5.82 Å². The maximum Gasteiger partial charge on any atom is 0.165 e. The van der Waals surface area contributed by atoms with E-state index in [2.05, 4.69) is 15.9 Å². The minimum atomic E-state index is -0.283. The van der Waals surface area contributed by atoms with Crippen molar-refractivity contribution in [3.05, 3.63) is 30.1 Å². The van der Waals surface area contributed by atoms with Crippen LogP contribution in [0.25, 0.3) is 0 Å². The molecular weight excluding hydrogens is 235 g/mol. The Balaban J connectivity index is 2.14. The van der Waals surface area contributed by atoms with Crippen molar-refractivity contribution in [2.75, 3.05) is 5.33 Å². The summed E-state index contributed by atoms with van der Waals surface area (Å²) in [7, 11) is 0. The molecule has 1 fully saturated rings. The van der Waals surface area contributed by atoms with Crippen molar-refractivity contribution in [3.8, 4) is 5.75 Å². The fourth-order valence-corrected chi connectivity index (χ4v) is 1.84. The summed E-state index contributed by atoms with van der Waals surface area (Å²) in [6, 6.07) is 6.52. The molecule has 0 aliphatic heterocycles. The van der Waals surface area contributed by atoms with Crippen molar-refractivity contribution in [2.45, 2.75) is 18.4 Å². The number of benzene rings is 1. The molecule has 1 nitrogen and oxygen atoms in total. The topological polar surface area (TPSA) is 9.23 Å². The quantitative estimate of drug-likeness (QED) is 0.743. The van der Waals surface area contributed by atoms with E-state index in [0.717, 1.165) is 18.2 Å². The molecule has 0 heterocycles. The second-order valence-corrected chi connectivity index (χ2v) is 3.91. The zero-order chi connectivity index (χ0) is 9.31. The minimum Gasteiger partial charge on any atom is -0.483 e. The maximum atomic E-state index is 13.1. The van der Waals surface area contributed by atoms with Gasteiger partial charge in [0.25, 0.3) is 0 Å². The first kappa shape index (κ1) is 9.00. The van der Waals surface area contributed by atoms with E-state index >= 15 is 0 Å². The summed E-state index contributed by atoms with van der Waals surface area (Å²) in [5.41, 5.74) is -0.137. The Kier molecular flexibility index (Phi) is 2.28. The molecule has 1 aliphatic carbocycles. The molecule has 0 amide bonds. The van der Waals surface area contributed by atoms with Crippen molar-refractivity contribution >= 4 is 15.9 Å². The van der Waals surface area contributed by atoms with Crippen LogP contribution in [0.2, 0.25) is 0 Å². The Labute approximate surface area is 85.0 Å². The summed E-state index contributed by atoms with van der Waals surface area (Å²) in [6.07, 6.45) is 2.01. The molecule has 0 unspecified atom stereocenters. The lowest BCUT2D eigenvalue weighted by molar-refractivity contribution is 0.197. The van der Waals surface area contributed by atoms with E-state index < -0.39 is 0 Å². The lowest BCUT2D eigenvalue weighted by Gasteiger charge is -2.15. The Bertz CT molecular complexity index is 310. The summed E-state index contributed by atoms with van der Waals surface area (Å²) >= 11 is 3.37. The lowest BCUT2D eigenvalue weighted by atomic mass is 10.3. The molecule has 1 saturated carbocycles. The van der Waals surface area contributed by atoms with Gasteiger partial charge in [0, 0.05) is 5.33 Å². The van der Waals surface area contributed by atoms with Crippen LogP contribution >= 0.6 is 15.9 Å². The van der Waals surface area contributed by atoms with Gasteiger partial charge in [0.05, 0.1) is 0 Å². The van der Waals surface area contributed by atoms with Gasteiger partial charge in [-0.05, 0) is 25.0 Å². The molecule has 0 N–H and O–H groups in total. The molecule has 1 aromatic carbocycles. The third-order valence-corrected chi connectivity index (χ3v) is 3.24. The predicted octanol–water partition coefficient (Wildman–Crippen LogP) is 3.13. The van der Waals surface area contributed by atoms with E-state index in [0.29, 0.717) is 5.75 Å². The third-order valence-electron chi connectivity index (χ3n) is 2.21. The minimum absolute atomic E-state index is 0.137. The van der Waals surface area contributed by atoms with Gasteiger partial charge in [0.1, 0.15) is 5.60 Å². The van der Waals surface area contributed by atoms with E-state index in [1.165, 1.54) is 6.07 Å². The van der Waals surface area contributed by atoms with Crippen LogP contribution in [0.3, 0.4) is 0 Å². The Morgan fingerprint density at radius 2 is 2.08 bits per heavy atom. The molecular formula is C10H10BrFO. The second kappa shape index (κ2) is 3.29. The van der Waals surface area contributed by atoms with Gasteiger partial charge in [-0.3, -0.25) is 0 Å². The average Bonchev–Trinajstić information content (AvgIpc) is 2.90. The molecule has 0 spiro atoms. The standard InChI is InChI=1S/C10H10BrFO/c11-7-10(5-6-10)13-9-4-2-1-3-8(9)12/h1-4H,5-7H2. The normalized spacial score (nSPS) is 18.3. The van der Waals surface area contributed by atoms with Crippen LogP contribution in [0.5, 0.6) is 5.75 Å². The molecule has 1 aromatic rings. The summed E-state index contributed by atoms with van der Waals surface area (Å²) < 4.78 is 18.7. The highest BCUT2D eigenvalue weighted by Crippen LogP contribution is 2.42. The van der Waals surface area contributed by atoms with Gasteiger partial charge < -0.3 is 4.74 Å². The van der Waals surface area contributed by atoms with E-state index in [1.807, 2.05) is 0 Å². The van der Waals surface area contributed by atoms with Gasteiger partial charge in [-0.15, -0.1) is 0 Å². The van der Waals surface area contributed by atoms with Crippen LogP contribution < -0.4 is 4.74 Å². The molecule has 13 heavy (non-hydrogen) atoms. The molecule has 1 aliphatic rings. The van der Waals surface area contributed by atoms with Crippen molar-refractivity contribution in [2.24, 2.45) is 0 Å². The number of rotatable bonds is 3. The highest BCUT2D eigenvalue weighted by molar-refractivity contribution is 9.09. The van der Waals surface area contributed by atoms with Gasteiger partial charge in [0.2, 0.25) is 0 Å². The van der Waals surface area contributed by atoms with E-state index in [1.54, 1.807) is 18.2 Å². The largest absolute Gasteiger partial charge is 0.483 e. The van der Waals surface area contributed by atoms with Crippen LogP contribution in [0.15, 0.2) is 24.3 Å². The summed E-state index contributed by atoms with van der Waals surface area (Å²) in [5, 5.41) is 0.772. The predicted molar refractivity (Wildman–Crippen MR) is 52.8 cm³/mol. The van der Waals surface area contributed by atoms with Crippen LogP contribution in [0.1, 0.15) is 12.8 Å². The first-order valence-electron chi connectivity index (χ1n) is 4.25. The first-order chi connectivity index (χ1) is 6.26. The van der Waals surface area contributed by atoms with Crippen molar-refractivity contribution in [3.63, 3.8) is 0 Å². The van der Waals surface area contributed by atoms with Gasteiger partial charge in [-0.2, -0.15) is 0 Å². The fraction of sp³-hybridized carbons (Fsp3) is 0.400. The zero-order valence-electron chi connectivity index (χ0n) is 7.09. The summed E-state index contributed by atoms with van der Waals surface area (Å²) in [6.45, 7) is 0. The van der Waals surface area contributed by atoms with Gasteiger partial charge in [-0.25, -0.2) is 4.39 Å². The maximum absolute atomic E-state index is 13.1. The number of hydrogen-bond acceptors (Lipinski definition) is 1. The number of halogens is 2. The molecule has 0 atom stereocenters. The first-order valence-corrected chi connectivity index (χ1v) is 5.37. The van der Waals surface area contributed by atoms with Crippen LogP contribution in [-0.2, 0) is 0 Å². The SMILES string of the molecule is Fc1ccccc1OC1(CBr)CC1. The number of alkyl halides is 1. The highest BCUT2D eigenvalue weighted by atomic mass is 79.9. The summed E-state index contributed by atoms with van der Waals surface area (Å²) in [4.78, 5) is 0. The Morgan fingerprint density at radius 1 is 1.38 bits per heavy atom. The van der Waals surface area contributed by atoms with E-state index in [4.69, 9.17) is 4.74 Å². The number of ether oxygens (including phenoxy) is 1. The van der Waals surface area contributed by atoms with Gasteiger partial charge >= 0.3 is 0 Å². The second-order valence-electron chi connectivity index (χ2n) is 3.35. The van der Waals surface area contributed by atoms with Crippen molar-refractivity contribution < 1.29 is 9.13 Å². The molecule has 0 aromatic heterocycles.